The summed E-state index contributed by atoms with van der Waals surface area (Å²) in [6.07, 6.45) is 0. The minimum atomic E-state index is -0.606. The van der Waals surface area contributed by atoms with E-state index in [-0.39, 0.29) is 11.9 Å². The van der Waals surface area contributed by atoms with Gasteiger partial charge >= 0.3 is 6.03 Å². The molecule has 1 unspecified atom stereocenters. The molecule has 5 heteroatoms. The van der Waals surface area contributed by atoms with E-state index in [2.05, 4.69) is 10.6 Å². The Hall–Kier alpha value is -2.56. The quantitative estimate of drug-likeness (QED) is 0.798. The van der Waals surface area contributed by atoms with Crippen molar-refractivity contribution in [2.75, 3.05) is 10.6 Å². The fraction of sp³-hybridized carbons (Fsp3) is 0.133. The molecule has 2 aromatic rings. The van der Waals surface area contributed by atoms with Crippen molar-refractivity contribution in [3.8, 4) is 0 Å². The van der Waals surface area contributed by atoms with Crippen molar-refractivity contribution >= 4 is 17.4 Å². The smallest absolute Gasteiger partial charge is 0.316 e. The van der Waals surface area contributed by atoms with Crippen LogP contribution in [0.4, 0.5) is 20.6 Å². The molecule has 1 atom stereocenters. The number of hydrogen-bond acceptors (Lipinski definition) is 2. The van der Waals surface area contributed by atoms with Crippen molar-refractivity contribution < 1.29 is 9.18 Å². The van der Waals surface area contributed by atoms with Crippen molar-refractivity contribution in [1.29, 1.82) is 0 Å². The number of hydrogen-bond donors (Lipinski definition) is 3. The Bertz CT molecular complexity index is 598. The van der Waals surface area contributed by atoms with E-state index in [4.69, 9.17) is 5.73 Å². The predicted molar refractivity (Wildman–Crippen MR) is 78.1 cm³/mol. The fourth-order valence-electron chi connectivity index (χ4n) is 1.95. The highest BCUT2D eigenvalue weighted by Gasteiger charge is 2.09. The third kappa shape index (κ3) is 3.47. The molecule has 2 aromatic carbocycles. The van der Waals surface area contributed by atoms with Gasteiger partial charge in [0.25, 0.3) is 0 Å². The molecule has 0 saturated heterocycles. The van der Waals surface area contributed by atoms with E-state index in [1.807, 2.05) is 6.92 Å². The average Bonchev–Trinajstić information content (AvgIpc) is 2.41. The first-order valence-electron chi connectivity index (χ1n) is 6.24. The molecule has 4 nitrogen and oxygen atoms in total. The molecule has 0 aliphatic heterocycles. The van der Waals surface area contributed by atoms with Crippen molar-refractivity contribution in [3.63, 3.8) is 0 Å². The zero-order valence-electron chi connectivity index (χ0n) is 11.1. The van der Waals surface area contributed by atoms with Crippen LogP contribution in [-0.2, 0) is 0 Å². The molecule has 20 heavy (non-hydrogen) atoms. The number of rotatable bonds is 4. The van der Waals surface area contributed by atoms with E-state index >= 15 is 0 Å². The van der Waals surface area contributed by atoms with Gasteiger partial charge in [0.15, 0.2) is 0 Å². The van der Waals surface area contributed by atoms with Gasteiger partial charge in [0, 0.05) is 16.9 Å². The summed E-state index contributed by atoms with van der Waals surface area (Å²) in [6, 6.07) is 12.9. The molecule has 2 amide bonds. The summed E-state index contributed by atoms with van der Waals surface area (Å²) in [5.41, 5.74) is 7.07. The van der Waals surface area contributed by atoms with E-state index in [9.17, 15) is 9.18 Å². The Labute approximate surface area is 116 Å². The summed E-state index contributed by atoms with van der Waals surface area (Å²) in [6.45, 7) is 1.88. The lowest BCUT2D eigenvalue weighted by Gasteiger charge is -2.16. The highest BCUT2D eigenvalue weighted by atomic mass is 19.1. The monoisotopic (exact) mass is 273 g/mol. The number of benzene rings is 2. The highest BCUT2D eigenvalue weighted by molar-refractivity contribution is 5.87. The third-order valence-corrected chi connectivity index (χ3v) is 2.91. The summed E-state index contributed by atoms with van der Waals surface area (Å²) in [5, 5.41) is 5.67. The number of primary amides is 1. The minimum Gasteiger partial charge on any atom is -0.378 e. The largest absolute Gasteiger partial charge is 0.378 e. The molecule has 0 bridgehead atoms. The number of carbonyl (C=O) groups excluding carboxylic acids is 1. The predicted octanol–water partition coefficient (Wildman–Crippen LogP) is 3.49. The average molecular weight is 273 g/mol. The van der Waals surface area contributed by atoms with Crippen LogP contribution in [0.3, 0.4) is 0 Å². The lowest BCUT2D eigenvalue weighted by atomic mass is 10.1. The van der Waals surface area contributed by atoms with Crippen LogP contribution in [0.2, 0.25) is 0 Å². The number of halogens is 1. The van der Waals surface area contributed by atoms with Gasteiger partial charge in [0.2, 0.25) is 0 Å². The van der Waals surface area contributed by atoms with Crippen LogP contribution in [0.5, 0.6) is 0 Å². The normalized spacial score (nSPS) is 11.7. The summed E-state index contributed by atoms with van der Waals surface area (Å²) in [4.78, 5) is 10.7. The molecule has 0 spiro atoms. The van der Waals surface area contributed by atoms with Crippen molar-refractivity contribution in [1.82, 2.24) is 0 Å². The lowest BCUT2D eigenvalue weighted by molar-refractivity contribution is 0.259. The second kappa shape index (κ2) is 6.06. The Morgan fingerprint density at radius 3 is 2.30 bits per heavy atom. The minimum absolute atomic E-state index is 0.161. The van der Waals surface area contributed by atoms with Gasteiger partial charge in [-0.05, 0) is 37.3 Å². The summed E-state index contributed by atoms with van der Waals surface area (Å²) in [7, 11) is 0. The van der Waals surface area contributed by atoms with Crippen LogP contribution >= 0.6 is 0 Å². The summed E-state index contributed by atoms with van der Waals surface area (Å²) in [5.74, 6) is -0.237. The standard InChI is InChI=1S/C15H16FN3O/c1-10(13-4-2-3-5-14(13)16)18-11-6-8-12(9-7-11)19-15(17)20/h2-10,18H,1H3,(H3,17,19,20). The number of nitrogens with two attached hydrogens (primary N) is 1. The SMILES string of the molecule is CC(Nc1ccc(NC(N)=O)cc1)c1ccccc1F. The topological polar surface area (TPSA) is 67.2 Å². The first-order valence-corrected chi connectivity index (χ1v) is 6.24. The summed E-state index contributed by atoms with van der Waals surface area (Å²) < 4.78 is 13.6. The maximum Gasteiger partial charge on any atom is 0.316 e. The number of nitrogens with one attached hydrogen (secondary N) is 2. The lowest BCUT2D eigenvalue weighted by Crippen LogP contribution is -2.19. The Morgan fingerprint density at radius 2 is 1.70 bits per heavy atom. The van der Waals surface area contributed by atoms with Gasteiger partial charge < -0.3 is 16.4 Å². The number of anilines is 2. The van der Waals surface area contributed by atoms with Crippen LogP contribution in [0.15, 0.2) is 48.5 Å². The van der Waals surface area contributed by atoms with Gasteiger partial charge in [-0.15, -0.1) is 0 Å². The van der Waals surface area contributed by atoms with E-state index in [1.165, 1.54) is 6.07 Å². The molecule has 104 valence electrons. The van der Waals surface area contributed by atoms with Crippen molar-refractivity contribution in [3.05, 3.63) is 59.9 Å². The van der Waals surface area contributed by atoms with Gasteiger partial charge in [-0.25, -0.2) is 9.18 Å². The fourth-order valence-corrected chi connectivity index (χ4v) is 1.95. The molecule has 4 N–H and O–H groups in total. The van der Waals surface area contributed by atoms with Gasteiger partial charge in [-0.3, -0.25) is 0 Å². The molecule has 0 fully saturated rings. The molecular weight excluding hydrogens is 257 g/mol. The Morgan fingerprint density at radius 1 is 1.10 bits per heavy atom. The zero-order valence-corrected chi connectivity index (χ0v) is 11.1. The molecular formula is C15H16FN3O. The van der Waals surface area contributed by atoms with E-state index < -0.39 is 6.03 Å². The second-order valence-electron chi connectivity index (χ2n) is 4.45. The van der Waals surface area contributed by atoms with E-state index in [0.29, 0.717) is 11.3 Å². The Kier molecular flexibility index (Phi) is 4.20. The van der Waals surface area contributed by atoms with Crippen LogP contribution in [0.25, 0.3) is 0 Å². The van der Waals surface area contributed by atoms with Crippen LogP contribution in [0.1, 0.15) is 18.5 Å². The molecule has 0 radical (unpaired) electrons. The van der Waals surface area contributed by atoms with Gasteiger partial charge in [0.1, 0.15) is 5.82 Å². The zero-order chi connectivity index (χ0) is 14.5. The van der Waals surface area contributed by atoms with Crippen molar-refractivity contribution in [2.45, 2.75) is 13.0 Å². The number of urea groups is 1. The van der Waals surface area contributed by atoms with Gasteiger partial charge in [0.05, 0.1) is 6.04 Å². The van der Waals surface area contributed by atoms with E-state index in [0.717, 1.165) is 5.69 Å². The molecule has 0 heterocycles. The maximum atomic E-state index is 13.6. The third-order valence-electron chi connectivity index (χ3n) is 2.91. The molecule has 0 aromatic heterocycles. The van der Waals surface area contributed by atoms with Crippen molar-refractivity contribution in [2.24, 2.45) is 5.73 Å². The maximum absolute atomic E-state index is 13.6. The van der Waals surface area contributed by atoms with Gasteiger partial charge in [-0.1, -0.05) is 18.2 Å². The number of amides is 2. The molecule has 0 aliphatic rings. The van der Waals surface area contributed by atoms with Gasteiger partial charge in [-0.2, -0.15) is 0 Å². The molecule has 2 rings (SSSR count). The Balaban J connectivity index is 2.06. The van der Waals surface area contributed by atoms with Crippen LogP contribution in [0, 0.1) is 5.82 Å². The van der Waals surface area contributed by atoms with Crippen LogP contribution < -0.4 is 16.4 Å². The second-order valence-corrected chi connectivity index (χ2v) is 4.45. The van der Waals surface area contributed by atoms with E-state index in [1.54, 1.807) is 42.5 Å². The molecule has 0 aliphatic carbocycles. The summed E-state index contributed by atoms with van der Waals surface area (Å²) >= 11 is 0. The van der Waals surface area contributed by atoms with Crippen LogP contribution in [-0.4, -0.2) is 6.03 Å². The first-order chi connectivity index (χ1) is 9.56. The highest BCUT2D eigenvalue weighted by Crippen LogP contribution is 2.22. The number of carbonyl (C=O) groups is 1. The first kappa shape index (κ1) is 13.9. The molecule has 0 saturated carbocycles.